The van der Waals surface area contributed by atoms with Gasteiger partial charge in [-0.2, -0.15) is 5.26 Å². The molecule has 3 nitrogen and oxygen atoms in total. The van der Waals surface area contributed by atoms with Crippen molar-refractivity contribution in [3.8, 4) is 6.07 Å². The lowest BCUT2D eigenvalue weighted by atomic mass is 9.91. The minimum absolute atomic E-state index is 0.563. The van der Waals surface area contributed by atoms with Crippen LogP contribution in [0.4, 0.5) is 0 Å². The van der Waals surface area contributed by atoms with Crippen molar-refractivity contribution in [2.45, 2.75) is 32.5 Å². The van der Waals surface area contributed by atoms with E-state index in [0.29, 0.717) is 12.0 Å². The van der Waals surface area contributed by atoms with Crippen LogP contribution in [0.1, 0.15) is 30.0 Å². The standard InChI is InChI=1S/C22H27N3/c1-18-12-13-25(16-20-6-4-3-5-7-20)17-22(18)24(2)15-21-10-8-19(14-23)9-11-21/h3-11,18,22H,12-13,15-17H2,1-2H3/t18-,22+/m1/s1. The van der Waals surface area contributed by atoms with Gasteiger partial charge in [0.1, 0.15) is 0 Å². The molecule has 0 unspecified atom stereocenters. The Hall–Kier alpha value is -2.15. The summed E-state index contributed by atoms with van der Waals surface area (Å²) in [6.07, 6.45) is 1.25. The number of hydrogen-bond donors (Lipinski definition) is 0. The molecule has 3 heteroatoms. The van der Waals surface area contributed by atoms with Gasteiger partial charge in [0, 0.05) is 25.7 Å². The minimum Gasteiger partial charge on any atom is -0.298 e. The second-order valence-corrected chi connectivity index (χ2v) is 7.28. The third-order valence-corrected chi connectivity index (χ3v) is 5.33. The molecule has 0 N–H and O–H groups in total. The second-order valence-electron chi connectivity index (χ2n) is 7.28. The molecule has 130 valence electrons. The van der Waals surface area contributed by atoms with E-state index in [1.165, 1.54) is 24.1 Å². The van der Waals surface area contributed by atoms with E-state index in [1.807, 2.05) is 12.1 Å². The molecule has 0 saturated carbocycles. The number of benzene rings is 2. The highest BCUT2D eigenvalue weighted by molar-refractivity contribution is 5.31. The van der Waals surface area contributed by atoms with Gasteiger partial charge in [0.2, 0.25) is 0 Å². The molecule has 1 saturated heterocycles. The number of hydrogen-bond acceptors (Lipinski definition) is 3. The Morgan fingerprint density at radius 3 is 2.48 bits per heavy atom. The number of nitriles is 1. The fraction of sp³-hybridized carbons (Fsp3) is 0.409. The first-order valence-electron chi connectivity index (χ1n) is 9.11. The largest absolute Gasteiger partial charge is 0.298 e. The minimum atomic E-state index is 0.563. The molecule has 2 atom stereocenters. The fourth-order valence-corrected chi connectivity index (χ4v) is 3.76. The van der Waals surface area contributed by atoms with Gasteiger partial charge < -0.3 is 0 Å². The summed E-state index contributed by atoms with van der Waals surface area (Å²) in [7, 11) is 2.23. The maximum absolute atomic E-state index is 8.93. The Bertz CT molecular complexity index is 702. The molecule has 1 heterocycles. The average Bonchev–Trinajstić information content (AvgIpc) is 2.65. The van der Waals surface area contributed by atoms with E-state index >= 15 is 0 Å². The first-order chi connectivity index (χ1) is 12.2. The van der Waals surface area contributed by atoms with Crippen LogP contribution >= 0.6 is 0 Å². The van der Waals surface area contributed by atoms with E-state index in [-0.39, 0.29) is 0 Å². The van der Waals surface area contributed by atoms with Gasteiger partial charge in [-0.25, -0.2) is 0 Å². The summed E-state index contributed by atoms with van der Waals surface area (Å²) in [6, 6.07) is 21.5. The highest BCUT2D eigenvalue weighted by Crippen LogP contribution is 2.24. The van der Waals surface area contributed by atoms with E-state index in [4.69, 9.17) is 5.26 Å². The predicted molar refractivity (Wildman–Crippen MR) is 102 cm³/mol. The Balaban J connectivity index is 1.61. The van der Waals surface area contributed by atoms with Crippen molar-refractivity contribution >= 4 is 0 Å². The van der Waals surface area contributed by atoms with Crippen LogP contribution < -0.4 is 0 Å². The van der Waals surface area contributed by atoms with Crippen LogP contribution in [0.5, 0.6) is 0 Å². The molecule has 0 amide bonds. The molecule has 0 bridgehead atoms. The molecule has 0 aromatic heterocycles. The van der Waals surface area contributed by atoms with Crippen molar-refractivity contribution in [2.24, 2.45) is 5.92 Å². The second kappa shape index (κ2) is 8.29. The van der Waals surface area contributed by atoms with Crippen LogP contribution in [-0.4, -0.2) is 36.0 Å². The van der Waals surface area contributed by atoms with Gasteiger partial charge in [0.15, 0.2) is 0 Å². The van der Waals surface area contributed by atoms with Gasteiger partial charge in [-0.1, -0.05) is 49.4 Å². The number of rotatable bonds is 5. The van der Waals surface area contributed by atoms with Gasteiger partial charge in [0.05, 0.1) is 11.6 Å². The number of likely N-dealkylation sites (tertiary alicyclic amines) is 1. The number of piperidine rings is 1. The van der Waals surface area contributed by atoms with Crippen LogP contribution in [0.3, 0.4) is 0 Å². The zero-order valence-corrected chi connectivity index (χ0v) is 15.2. The van der Waals surface area contributed by atoms with E-state index in [1.54, 1.807) is 0 Å². The summed E-state index contributed by atoms with van der Waals surface area (Å²) in [5.74, 6) is 0.704. The van der Waals surface area contributed by atoms with Gasteiger partial charge in [0.25, 0.3) is 0 Å². The molecule has 1 aliphatic heterocycles. The monoisotopic (exact) mass is 333 g/mol. The van der Waals surface area contributed by atoms with E-state index in [2.05, 4.69) is 72.3 Å². The van der Waals surface area contributed by atoms with Crippen LogP contribution in [0.25, 0.3) is 0 Å². The highest BCUT2D eigenvalue weighted by Gasteiger charge is 2.29. The summed E-state index contributed by atoms with van der Waals surface area (Å²) < 4.78 is 0. The zero-order chi connectivity index (χ0) is 17.6. The third kappa shape index (κ3) is 4.69. The highest BCUT2D eigenvalue weighted by atomic mass is 15.2. The number of likely N-dealkylation sites (N-methyl/N-ethyl adjacent to an activating group) is 1. The average molecular weight is 333 g/mol. The van der Waals surface area contributed by atoms with Crippen molar-refractivity contribution in [1.82, 2.24) is 9.80 Å². The van der Waals surface area contributed by atoms with Crippen molar-refractivity contribution < 1.29 is 0 Å². The van der Waals surface area contributed by atoms with Crippen molar-refractivity contribution in [1.29, 1.82) is 5.26 Å². The molecule has 25 heavy (non-hydrogen) atoms. The van der Waals surface area contributed by atoms with Crippen LogP contribution in [0, 0.1) is 17.2 Å². The van der Waals surface area contributed by atoms with Gasteiger partial charge in [-0.15, -0.1) is 0 Å². The smallest absolute Gasteiger partial charge is 0.0991 e. The molecule has 1 fully saturated rings. The van der Waals surface area contributed by atoms with Crippen LogP contribution in [0.2, 0.25) is 0 Å². The van der Waals surface area contributed by atoms with Gasteiger partial charge in [-0.05, 0) is 49.2 Å². The Morgan fingerprint density at radius 1 is 1.08 bits per heavy atom. The first-order valence-corrected chi connectivity index (χ1v) is 9.11. The quantitative estimate of drug-likeness (QED) is 0.831. The Labute approximate surface area is 151 Å². The molecule has 0 aliphatic carbocycles. The van der Waals surface area contributed by atoms with Crippen LogP contribution in [-0.2, 0) is 13.1 Å². The summed E-state index contributed by atoms with van der Waals surface area (Å²) >= 11 is 0. The summed E-state index contributed by atoms with van der Waals surface area (Å²) in [5.41, 5.74) is 3.39. The predicted octanol–water partition coefficient (Wildman–Crippen LogP) is 3.90. The molecular formula is C22H27N3. The molecule has 1 aliphatic rings. The SMILES string of the molecule is C[C@@H]1CCN(Cc2ccccc2)C[C@@H]1N(C)Cc1ccc(C#N)cc1. The Morgan fingerprint density at radius 2 is 1.80 bits per heavy atom. The molecule has 2 aromatic carbocycles. The van der Waals surface area contributed by atoms with Crippen molar-refractivity contribution in [3.05, 3.63) is 71.3 Å². The molecule has 0 radical (unpaired) electrons. The third-order valence-electron chi connectivity index (χ3n) is 5.33. The normalized spacial score (nSPS) is 21.2. The molecule has 3 rings (SSSR count). The van der Waals surface area contributed by atoms with E-state index < -0.39 is 0 Å². The fourth-order valence-electron chi connectivity index (χ4n) is 3.76. The Kier molecular flexibility index (Phi) is 5.86. The van der Waals surface area contributed by atoms with Gasteiger partial charge in [-0.3, -0.25) is 9.80 Å². The molecule has 2 aromatic rings. The number of nitrogens with zero attached hydrogens (tertiary/aromatic N) is 3. The first kappa shape index (κ1) is 17.7. The lowest BCUT2D eigenvalue weighted by molar-refractivity contribution is 0.0671. The lowest BCUT2D eigenvalue weighted by Gasteiger charge is -2.42. The lowest BCUT2D eigenvalue weighted by Crippen LogP contribution is -2.50. The maximum Gasteiger partial charge on any atom is 0.0991 e. The molecular weight excluding hydrogens is 306 g/mol. The zero-order valence-electron chi connectivity index (χ0n) is 15.2. The van der Waals surface area contributed by atoms with E-state index in [9.17, 15) is 0 Å². The maximum atomic E-state index is 8.93. The van der Waals surface area contributed by atoms with Crippen LogP contribution in [0.15, 0.2) is 54.6 Å². The molecule has 0 spiro atoms. The summed E-state index contributed by atoms with van der Waals surface area (Å²) in [6.45, 7) is 6.63. The van der Waals surface area contributed by atoms with E-state index in [0.717, 1.165) is 25.2 Å². The topological polar surface area (TPSA) is 30.3 Å². The van der Waals surface area contributed by atoms with Crippen molar-refractivity contribution in [2.75, 3.05) is 20.1 Å². The van der Waals surface area contributed by atoms with Crippen molar-refractivity contribution in [3.63, 3.8) is 0 Å². The summed E-state index contributed by atoms with van der Waals surface area (Å²) in [5, 5.41) is 8.93. The summed E-state index contributed by atoms with van der Waals surface area (Å²) in [4.78, 5) is 5.05. The van der Waals surface area contributed by atoms with Gasteiger partial charge >= 0.3 is 0 Å².